The van der Waals surface area contributed by atoms with Gasteiger partial charge in [0.05, 0.1) is 11.9 Å². The van der Waals surface area contributed by atoms with E-state index in [1.807, 2.05) is 16.8 Å². The molecule has 3 N–H and O–H groups in total. The van der Waals surface area contributed by atoms with Crippen molar-refractivity contribution < 1.29 is 4.79 Å². The van der Waals surface area contributed by atoms with Crippen molar-refractivity contribution in [2.45, 2.75) is 19.6 Å². The molecule has 90 valence electrons. The fourth-order valence-electron chi connectivity index (χ4n) is 1.31. The van der Waals surface area contributed by atoms with Crippen LogP contribution in [0.5, 0.6) is 0 Å². The average Bonchev–Trinajstić information content (AvgIpc) is 2.97. The van der Waals surface area contributed by atoms with Crippen LogP contribution in [0.15, 0.2) is 23.0 Å². The number of hydrogen-bond acceptors (Lipinski definition) is 5. The van der Waals surface area contributed by atoms with E-state index >= 15 is 0 Å². The summed E-state index contributed by atoms with van der Waals surface area (Å²) in [5.41, 5.74) is 7.18. The topological polar surface area (TPSA) is 85.8 Å². The van der Waals surface area contributed by atoms with Gasteiger partial charge in [0, 0.05) is 13.1 Å². The van der Waals surface area contributed by atoms with Gasteiger partial charge in [-0.3, -0.25) is 4.79 Å². The highest BCUT2D eigenvalue weighted by Gasteiger charge is 2.05. The number of nitrogens with two attached hydrogens (primary N) is 1. The smallest absolute Gasteiger partial charge is 0.242 e. The Hall–Kier alpha value is -1.73. The number of carbonyl (C=O) groups is 1. The summed E-state index contributed by atoms with van der Waals surface area (Å²) >= 11 is 1.61. The van der Waals surface area contributed by atoms with Crippen LogP contribution < -0.4 is 11.1 Å². The van der Waals surface area contributed by atoms with E-state index in [-0.39, 0.29) is 12.5 Å². The molecule has 0 unspecified atom stereocenters. The molecule has 2 aromatic rings. The van der Waals surface area contributed by atoms with Crippen LogP contribution in [0.3, 0.4) is 0 Å². The Morgan fingerprint density at radius 1 is 1.59 bits per heavy atom. The molecule has 0 aliphatic carbocycles. The summed E-state index contributed by atoms with van der Waals surface area (Å²) in [6.45, 7) is 1.04. The Labute approximate surface area is 102 Å². The van der Waals surface area contributed by atoms with Gasteiger partial charge in [0.2, 0.25) is 5.91 Å². The van der Waals surface area contributed by atoms with Crippen LogP contribution in [0.1, 0.15) is 11.3 Å². The molecule has 2 rings (SSSR count). The lowest BCUT2D eigenvalue weighted by atomic mass is 10.3. The largest absolute Gasteiger partial charge is 0.350 e. The highest BCUT2D eigenvalue weighted by molar-refractivity contribution is 7.07. The van der Waals surface area contributed by atoms with Crippen LogP contribution in [0.4, 0.5) is 0 Å². The molecule has 2 aromatic heterocycles. The van der Waals surface area contributed by atoms with E-state index < -0.39 is 0 Å². The van der Waals surface area contributed by atoms with Gasteiger partial charge < -0.3 is 11.1 Å². The summed E-state index contributed by atoms with van der Waals surface area (Å²) in [5, 5.41) is 14.4. The molecule has 1 amide bonds. The third kappa shape index (κ3) is 3.36. The first-order valence-corrected chi connectivity index (χ1v) is 6.09. The maximum atomic E-state index is 11.6. The standard InChI is InChI=1S/C10H13N5OS/c11-3-9-5-15(14-13-9)6-10(16)12-4-8-1-2-17-7-8/h1-2,5,7H,3-4,6,11H2,(H,12,16). The Kier molecular flexibility index (Phi) is 3.84. The van der Waals surface area contributed by atoms with Gasteiger partial charge in [-0.2, -0.15) is 11.3 Å². The van der Waals surface area contributed by atoms with Crippen LogP contribution >= 0.6 is 11.3 Å². The number of rotatable bonds is 5. The second-order valence-electron chi connectivity index (χ2n) is 3.52. The lowest BCUT2D eigenvalue weighted by Gasteiger charge is -2.03. The van der Waals surface area contributed by atoms with Crippen LogP contribution in [-0.4, -0.2) is 20.9 Å². The summed E-state index contributed by atoms with van der Waals surface area (Å²) in [6.07, 6.45) is 1.67. The van der Waals surface area contributed by atoms with E-state index in [2.05, 4.69) is 15.6 Å². The molecule has 6 nitrogen and oxygen atoms in total. The van der Waals surface area contributed by atoms with Gasteiger partial charge in [-0.1, -0.05) is 5.21 Å². The van der Waals surface area contributed by atoms with Gasteiger partial charge in [-0.05, 0) is 22.4 Å². The van der Waals surface area contributed by atoms with Crippen molar-refractivity contribution in [1.29, 1.82) is 0 Å². The molecular weight excluding hydrogens is 238 g/mol. The van der Waals surface area contributed by atoms with Gasteiger partial charge in [0.25, 0.3) is 0 Å². The SMILES string of the molecule is NCc1cn(CC(=O)NCc2ccsc2)nn1. The van der Waals surface area contributed by atoms with E-state index in [4.69, 9.17) is 5.73 Å². The molecule has 0 aliphatic heterocycles. The minimum atomic E-state index is -0.0929. The molecule has 0 atom stereocenters. The van der Waals surface area contributed by atoms with Crippen LogP contribution in [0, 0.1) is 0 Å². The maximum Gasteiger partial charge on any atom is 0.242 e. The molecule has 0 aliphatic rings. The number of nitrogens with zero attached hydrogens (tertiary/aromatic N) is 3. The van der Waals surface area contributed by atoms with Gasteiger partial charge in [0.15, 0.2) is 0 Å². The molecule has 7 heteroatoms. The number of hydrogen-bond donors (Lipinski definition) is 2. The van der Waals surface area contributed by atoms with Crippen LogP contribution in [0.2, 0.25) is 0 Å². The second kappa shape index (κ2) is 5.55. The van der Waals surface area contributed by atoms with Crippen molar-refractivity contribution in [3.8, 4) is 0 Å². The van der Waals surface area contributed by atoms with Crippen molar-refractivity contribution in [2.75, 3.05) is 0 Å². The third-order valence-electron chi connectivity index (χ3n) is 2.17. The number of aromatic nitrogens is 3. The summed E-state index contributed by atoms with van der Waals surface area (Å²) in [7, 11) is 0. The van der Waals surface area contributed by atoms with E-state index in [0.29, 0.717) is 18.8 Å². The van der Waals surface area contributed by atoms with Crippen molar-refractivity contribution in [1.82, 2.24) is 20.3 Å². The summed E-state index contributed by atoms with van der Waals surface area (Å²) in [6, 6.07) is 1.98. The molecule has 2 heterocycles. The number of thiophene rings is 1. The van der Waals surface area contributed by atoms with Crippen molar-refractivity contribution in [3.05, 3.63) is 34.3 Å². The van der Waals surface area contributed by atoms with Gasteiger partial charge in [0.1, 0.15) is 6.54 Å². The zero-order valence-corrected chi connectivity index (χ0v) is 9.98. The summed E-state index contributed by atoms with van der Waals surface area (Å²) in [4.78, 5) is 11.6. The molecule has 0 aromatic carbocycles. The highest BCUT2D eigenvalue weighted by atomic mass is 32.1. The van der Waals surface area contributed by atoms with Crippen molar-refractivity contribution >= 4 is 17.2 Å². The Morgan fingerprint density at radius 3 is 3.12 bits per heavy atom. The van der Waals surface area contributed by atoms with Gasteiger partial charge >= 0.3 is 0 Å². The fourth-order valence-corrected chi connectivity index (χ4v) is 1.97. The Morgan fingerprint density at radius 2 is 2.47 bits per heavy atom. The predicted octanol–water partition coefficient (Wildman–Crippen LogP) is 0.115. The molecule has 0 bridgehead atoms. The molecule has 17 heavy (non-hydrogen) atoms. The Balaban J connectivity index is 1.81. The summed E-state index contributed by atoms with van der Waals surface area (Å²) in [5.74, 6) is -0.0929. The van der Waals surface area contributed by atoms with E-state index in [0.717, 1.165) is 5.56 Å². The van der Waals surface area contributed by atoms with E-state index in [1.54, 1.807) is 17.5 Å². The number of amides is 1. The monoisotopic (exact) mass is 251 g/mol. The molecule has 0 spiro atoms. The van der Waals surface area contributed by atoms with E-state index in [1.165, 1.54) is 4.68 Å². The second-order valence-corrected chi connectivity index (χ2v) is 4.30. The molecule has 0 saturated carbocycles. The zero-order chi connectivity index (χ0) is 12.1. The first-order chi connectivity index (χ1) is 8.28. The first-order valence-electron chi connectivity index (χ1n) is 5.15. The average molecular weight is 251 g/mol. The van der Waals surface area contributed by atoms with Gasteiger partial charge in [-0.15, -0.1) is 5.10 Å². The molecule has 0 radical (unpaired) electrons. The third-order valence-corrected chi connectivity index (χ3v) is 2.90. The minimum absolute atomic E-state index is 0.0929. The number of nitrogens with one attached hydrogen (secondary N) is 1. The number of carbonyl (C=O) groups excluding carboxylic acids is 1. The summed E-state index contributed by atoms with van der Waals surface area (Å²) < 4.78 is 1.48. The van der Waals surface area contributed by atoms with Crippen molar-refractivity contribution in [2.24, 2.45) is 5.73 Å². The predicted molar refractivity (Wildman–Crippen MR) is 64.1 cm³/mol. The van der Waals surface area contributed by atoms with Crippen molar-refractivity contribution in [3.63, 3.8) is 0 Å². The lowest BCUT2D eigenvalue weighted by molar-refractivity contribution is -0.122. The lowest BCUT2D eigenvalue weighted by Crippen LogP contribution is -2.27. The normalized spacial score (nSPS) is 10.4. The minimum Gasteiger partial charge on any atom is -0.350 e. The molecule has 0 saturated heterocycles. The Bertz CT molecular complexity index is 479. The van der Waals surface area contributed by atoms with Gasteiger partial charge in [-0.25, -0.2) is 4.68 Å². The van der Waals surface area contributed by atoms with Crippen LogP contribution in [0.25, 0.3) is 0 Å². The van der Waals surface area contributed by atoms with Crippen LogP contribution in [-0.2, 0) is 24.4 Å². The first kappa shape index (κ1) is 11.7. The fraction of sp³-hybridized carbons (Fsp3) is 0.300. The van der Waals surface area contributed by atoms with E-state index in [9.17, 15) is 4.79 Å². The maximum absolute atomic E-state index is 11.6. The zero-order valence-electron chi connectivity index (χ0n) is 9.17. The molecule has 0 fully saturated rings. The highest BCUT2D eigenvalue weighted by Crippen LogP contribution is 2.04. The quantitative estimate of drug-likeness (QED) is 0.790. The molecular formula is C10H13N5OS.